The van der Waals surface area contributed by atoms with Crippen LogP contribution in [0.4, 0.5) is 22.7 Å². The van der Waals surface area contributed by atoms with E-state index in [1.165, 1.54) is 14.2 Å². The van der Waals surface area contributed by atoms with E-state index in [4.69, 9.17) is 47.6 Å². The fraction of sp³-hybridized carbons (Fsp3) is 0.362. The highest BCUT2D eigenvalue weighted by molar-refractivity contribution is 6.06. The Morgan fingerprint density at radius 2 is 1.23 bits per heavy atom. The Bertz CT molecular complexity index is 4280. The number of aliphatic imine (C=N–C) groups is 2. The summed E-state index contributed by atoms with van der Waals surface area (Å²) in [6.45, 7) is 8.44. The van der Waals surface area contributed by atoms with Gasteiger partial charge in [-0.3, -0.25) is 43.5 Å². The van der Waals surface area contributed by atoms with Gasteiger partial charge in [0.1, 0.15) is 17.8 Å². The zero-order chi connectivity index (χ0) is 74.0. The third kappa shape index (κ3) is 21.3. The number of hydrogen-bond donors (Lipinski definition) is 5. The van der Waals surface area contributed by atoms with Crippen LogP contribution in [-0.2, 0) is 49.5 Å². The number of rotatable bonds is 35. The van der Waals surface area contributed by atoms with E-state index < -0.39 is 35.7 Å². The summed E-state index contributed by atoms with van der Waals surface area (Å²) in [5, 5.41) is 14.0. The lowest BCUT2D eigenvalue weighted by molar-refractivity contribution is -0.132. The van der Waals surface area contributed by atoms with Gasteiger partial charge in [-0.25, -0.2) is 0 Å². The third-order valence-corrected chi connectivity index (χ3v) is 17.6. The van der Waals surface area contributed by atoms with Crippen LogP contribution >= 0.6 is 0 Å². The minimum atomic E-state index is -0.954. The van der Waals surface area contributed by atoms with Crippen molar-refractivity contribution < 1.29 is 76.2 Å². The van der Waals surface area contributed by atoms with Crippen molar-refractivity contribution in [3.63, 3.8) is 0 Å². The van der Waals surface area contributed by atoms with E-state index in [0.29, 0.717) is 111 Å². The molecule has 25 heteroatoms. The fourth-order valence-corrected chi connectivity index (χ4v) is 11.8. The molecule has 7 amide bonds. The van der Waals surface area contributed by atoms with Crippen molar-refractivity contribution in [2.45, 2.75) is 90.4 Å². The van der Waals surface area contributed by atoms with Gasteiger partial charge < -0.3 is 79.0 Å². The molecule has 0 spiro atoms. The van der Waals surface area contributed by atoms with Gasteiger partial charge in [-0.15, -0.1) is 0 Å². The maximum atomic E-state index is 13.9. The molecule has 0 unspecified atom stereocenters. The molecular weight excluding hydrogens is 1340 g/mol. The number of nitrogens with zero attached hydrogens (tertiary/aromatic N) is 4. The summed E-state index contributed by atoms with van der Waals surface area (Å²) in [5.74, 6) is 6.00. The first-order chi connectivity index (χ1) is 51.1. The lowest BCUT2D eigenvalue weighted by Gasteiger charge is -2.26. The molecule has 0 radical (unpaired) electrons. The third-order valence-electron chi connectivity index (χ3n) is 17.6. The molecule has 4 heterocycles. The van der Waals surface area contributed by atoms with Gasteiger partial charge in [-0.2, -0.15) is 0 Å². The summed E-state index contributed by atoms with van der Waals surface area (Å²) in [7, 11) is 4.63. The van der Waals surface area contributed by atoms with Crippen LogP contribution in [0.25, 0.3) is 11.1 Å². The summed E-state index contributed by atoms with van der Waals surface area (Å²) in [4.78, 5) is 106. The van der Waals surface area contributed by atoms with Crippen LogP contribution in [0.3, 0.4) is 0 Å². The molecule has 4 aliphatic heterocycles. The SMILES string of the molecule is COc1ccc(C2=CN3C(=O)c4cc(OC)c(OCCCOc5cc6c(cc5OC)C(=O)N/C=C(/c5ccc(NC(=O)[C@H](C)NC(=O)[C@@H](NC(=O)CCOCCOCCOCCOCCNC(=O)CCC(=O)N7Cc8ccccc8C#Cc8ccccc87)C(C)C)cc5)CCC=N6)cc4N=C[C@@H]3C2)cc1. The number of fused-ring (bicyclic) bond motifs is 5. The van der Waals surface area contributed by atoms with Gasteiger partial charge in [0.15, 0.2) is 23.0 Å². The maximum Gasteiger partial charge on any atom is 0.260 e. The second-order valence-corrected chi connectivity index (χ2v) is 25.3. The minimum absolute atomic E-state index is 0.000144. The zero-order valence-electron chi connectivity index (χ0n) is 59.9. The summed E-state index contributed by atoms with van der Waals surface area (Å²) in [6, 6.07) is 34.6. The average Bonchev–Trinajstić information content (AvgIpc) is 1.66. The highest BCUT2D eigenvalue weighted by Gasteiger charge is 2.34. The van der Waals surface area contributed by atoms with E-state index in [1.807, 2.05) is 91.1 Å². The first kappa shape index (κ1) is 76.5. The fourth-order valence-electron chi connectivity index (χ4n) is 11.8. The molecular formula is C80H89N9O16. The highest BCUT2D eigenvalue weighted by Crippen LogP contribution is 2.41. The molecule has 105 heavy (non-hydrogen) atoms. The molecule has 0 fully saturated rings. The summed E-state index contributed by atoms with van der Waals surface area (Å²) < 4.78 is 51.3. The number of para-hydroxylation sites is 1. The van der Waals surface area contributed by atoms with Crippen LogP contribution in [0.5, 0.6) is 28.7 Å². The molecule has 10 rings (SSSR count). The molecule has 550 valence electrons. The molecule has 6 aromatic rings. The van der Waals surface area contributed by atoms with Gasteiger partial charge in [0, 0.05) is 92.4 Å². The zero-order valence-corrected chi connectivity index (χ0v) is 59.9. The van der Waals surface area contributed by atoms with Crippen molar-refractivity contribution in [1.29, 1.82) is 0 Å². The van der Waals surface area contributed by atoms with Crippen molar-refractivity contribution in [3.05, 3.63) is 173 Å². The highest BCUT2D eigenvalue weighted by atomic mass is 16.6. The minimum Gasteiger partial charge on any atom is -0.497 e. The quantitative estimate of drug-likeness (QED) is 0.0183. The van der Waals surface area contributed by atoms with Gasteiger partial charge >= 0.3 is 0 Å². The smallest absolute Gasteiger partial charge is 0.260 e. The number of allylic oxidation sites excluding steroid dienone is 1. The van der Waals surface area contributed by atoms with E-state index in [0.717, 1.165) is 50.4 Å². The lowest BCUT2D eigenvalue weighted by Crippen LogP contribution is -2.53. The number of carbonyl (C=O) groups is 7. The summed E-state index contributed by atoms with van der Waals surface area (Å²) in [6.07, 6.45) is 9.27. The van der Waals surface area contributed by atoms with E-state index >= 15 is 0 Å². The van der Waals surface area contributed by atoms with E-state index in [9.17, 15) is 33.6 Å². The van der Waals surface area contributed by atoms with Crippen molar-refractivity contribution in [2.75, 3.05) is 104 Å². The normalized spacial score (nSPS) is 15.3. The van der Waals surface area contributed by atoms with Crippen molar-refractivity contribution in [2.24, 2.45) is 15.9 Å². The first-order valence-electron chi connectivity index (χ1n) is 35.1. The molecule has 0 saturated carbocycles. The molecule has 0 aromatic heterocycles. The lowest BCUT2D eigenvalue weighted by atomic mass is 10.0. The van der Waals surface area contributed by atoms with Crippen LogP contribution in [0, 0.1) is 17.8 Å². The van der Waals surface area contributed by atoms with Crippen LogP contribution in [0.2, 0.25) is 0 Å². The Balaban J connectivity index is 0.573. The topological polar surface area (TPSA) is 294 Å². The molecule has 5 N–H and O–H groups in total. The van der Waals surface area contributed by atoms with Crippen molar-refractivity contribution in [1.82, 2.24) is 26.2 Å². The van der Waals surface area contributed by atoms with Crippen LogP contribution in [0.15, 0.2) is 144 Å². The Kier molecular flexibility index (Phi) is 27.9. The van der Waals surface area contributed by atoms with Crippen LogP contribution in [-0.4, -0.2) is 171 Å². The number of ether oxygens (including phenoxy) is 9. The number of methoxy groups -OCH3 is 3. The monoisotopic (exact) mass is 1430 g/mol. The van der Waals surface area contributed by atoms with Crippen molar-refractivity contribution >= 4 is 87.7 Å². The molecule has 0 bridgehead atoms. The van der Waals surface area contributed by atoms with Crippen LogP contribution < -0.4 is 55.2 Å². The Hall–Kier alpha value is -11.2. The molecule has 0 saturated heterocycles. The number of carbonyl (C=O) groups excluding carboxylic acids is 7. The average molecular weight is 1430 g/mol. The second kappa shape index (κ2) is 38.4. The number of amides is 7. The van der Waals surface area contributed by atoms with Gasteiger partial charge in [0.2, 0.25) is 29.5 Å². The predicted octanol–water partition coefficient (Wildman–Crippen LogP) is 9.68. The predicted molar refractivity (Wildman–Crippen MR) is 398 cm³/mol. The van der Waals surface area contributed by atoms with E-state index in [2.05, 4.69) is 43.4 Å². The van der Waals surface area contributed by atoms with Gasteiger partial charge in [0.25, 0.3) is 11.8 Å². The number of hydrogen-bond acceptors (Lipinski definition) is 18. The van der Waals surface area contributed by atoms with Gasteiger partial charge in [-0.1, -0.05) is 80.3 Å². The van der Waals surface area contributed by atoms with Gasteiger partial charge in [0.05, 0.1) is 128 Å². The van der Waals surface area contributed by atoms with Crippen LogP contribution in [0.1, 0.15) is 114 Å². The maximum absolute atomic E-state index is 13.9. The largest absolute Gasteiger partial charge is 0.497 e. The first-order valence-corrected chi connectivity index (χ1v) is 35.1. The van der Waals surface area contributed by atoms with E-state index in [-0.39, 0.29) is 94.1 Å². The van der Waals surface area contributed by atoms with Crippen molar-refractivity contribution in [3.8, 4) is 40.6 Å². The number of benzene rings is 6. The summed E-state index contributed by atoms with van der Waals surface area (Å²) in [5.41, 5.74) is 8.94. The molecule has 0 aliphatic carbocycles. The molecule has 25 nitrogen and oxygen atoms in total. The number of nitrogens with one attached hydrogen (secondary N) is 5. The standard InChI is InChI=1S/C80H89N9O16/c1-52(2)76(87-74(91)30-35-100-37-39-102-41-42-103-40-38-101-36-32-82-73(90)28-29-75(92)89-50-59-15-8-7-13-54(59)18-19-57-14-9-10-17-68(57)89)79(95)85-53(3)77(93)86-61-24-20-55(21-25-61)58-16-11-31-81-66-46-71(69(98-5)44-64(66)78(94)84-48-58)104-33-12-34-105-72-47-67-65(45-70(72)99-6)80(96)88-51-60(43-62(88)49-83-67)56-22-26-63(97-4)27-23-56/h7-10,13-15,17,20-27,31,44-49,51-53,62,76H,11-12,16,28-30,32-43,50H2,1-6H3,(H,82,90)(H,84,94)(H,85,95)(H,86,93)(H,87,91)/b58-48+,81-31?/t53-,62-,76-/m0/s1. The Morgan fingerprint density at radius 1 is 0.610 bits per heavy atom. The molecule has 3 atom stereocenters. The molecule has 4 aliphatic rings. The number of anilines is 2. The molecule has 6 aromatic carbocycles. The second-order valence-electron chi connectivity index (χ2n) is 25.3. The van der Waals surface area contributed by atoms with E-state index in [1.54, 1.807) is 92.7 Å². The Labute approximate surface area is 611 Å². The Morgan fingerprint density at radius 3 is 1.91 bits per heavy atom. The van der Waals surface area contributed by atoms with Gasteiger partial charge in [-0.05, 0) is 108 Å². The summed E-state index contributed by atoms with van der Waals surface area (Å²) >= 11 is 0.